The van der Waals surface area contributed by atoms with E-state index in [9.17, 15) is 14.4 Å². The number of fused-ring (bicyclic) bond motifs is 6. The Morgan fingerprint density at radius 2 is 1.90 bits per heavy atom. The quantitative estimate of drug-likeness (QED) is 0.411. The van der Waals surface area contributed by atoms with Crippen LogP contribution < -0.4 is 5.56 Å². The molecule has 7 aliphatic rings. The van der Waals surface area contributed by atoms with Crippen LogP contribution in [0.4, 0.5) is 0 Å². The van der Waals surface area contributed by atoms with Crippen LogP contribution in [0.25, 0.3) is 0 Å². The summed E-state index contributed by atoms with van der Waals surface area (Å²) in [6, 6.07) is 5.37. The number of ether oxygens (including phenoxy) is 3. The molecule has 1 saturated carbocycles. The van der Waals surface area contributed by atoms with Gasteiger partial charge in [-0.25, -0.2) is 9.78 Å². The van der Waals surface area contributed by atoms with Crippen molar-refractivity contribution in [1.82, 2.24) is 9.47 Å². The summed E-state index contributed by atoms with van der Waals surface area (Å²) in [6.07, 6.45) is 3.26. The second kappa shape index (κ2) is 9.64. The molecular weight excluding hydrogens is 516 g/mol. The average Bonchev–Trinajstić information content (AvgIpc) is 3.16. The molecule has 4 bridgehead atoms. The molecule has 10 atom stereocenters. The summed E-state index contributed by atoms with van der Waals surface area (Å²) < 4.78 is 20.4. The lowest BCUT2D eigenvalue weighted by Gasteiger charge is -2.59. The zero-order chi connectivity index (χ0) is 27.8. The fourth-order valence-corrected chi connectivity index (χ4v) is 8.66. The van der Waals surface area contributed by atoms with E-state index < -0.39 is 29.9 Å². The number of piperidine rings is 1. The van der Waals surface area contributed by atoms with Crippen molar-refractivity contribution in [2.75, 3.05) is 13.1 Å². The number of esters is 1. The van der Waals surface area contributed by atoms with Crippen molar-refractivity contribution in [3.05, 3.63) is 34.2 Å². The highest BCUT2D eigenvalue weighted by molar-refractivity contribution is 5.81. The Morgan fingerprint density at radius 3 is 2.75 bits per heavy atom. The molecule has 5 saturated heterocycles. The number of hydrogen-bond donors (Lipinski definition) is 0. The number of amides is 1. The maximum Gasteiger partial charge on any atom is 0.308 e. The monoisotopic (exact) mass is 556 g/mol. The molecule has 0 radical (unpaired) electrons. The van der Waals surface area contributed by atoms with Crippen molar-refractivity contribution in [2.45, 2.75) is 102 Å². The molecule has 8 rings (SSSR count). The zero-order valence-electron chi connectivity index (χ0n) is 23.6. The summed E-state index contributed by atoms with van der Waals surface area (Å²) in [5, 5.41) is 0. The third kappa shape index (κ3) is 4.16. The average molecular weight is 557 g/mol. The predicted molar refractivity (Wildman–Crippen MR) is 140 cm³/mol. The van der Waals surface area contributed by atoms with Gasteiger partial charge in [-0.15, -0.1) is 0 Å². The van der Waals surface area contributed by atoms with Gasteiger partial charge < -0.3 is 23.7 Å². The molecule has 0 aromatic carbocycles. The number of carbonyl (C=O) groups excluding carboxylic acids is 2. The van der Waals surface area contributed by atoms with E-state index in [4.69, 9.17) is 24.0 Å². The zero-order valence-corrected chi connectivity index (χ0v) is 23.6. The number of pyridine rings is 1. The number of aromatic nitrogens is 1. The first-order valence-electron chi connectivity index (χ1n) is 15.0. The molecule has 10 heteroatoms. The Bertz CT molecular complexity index is 1250. The van der Waals surface area contributed by atoms with Crippen LogP contribution in [0, 0.1) is 29.6 Å². The first kappa shape index (κ1) is 26.6. The molecule has 0 N–H and O–H groups in total. The minimum absolute atomic E-state index is 0.00832. The van der Waals surface area contributed by atoms with Crippen LogP contribution >= 0.6 is 0 Å². The van der Waals surface area contributed by atoms with Gasteiger partial charge in [0.25, 0.3) is 5.56 Å². The fraction of sp³-hybridized carbons (Fsp3) is 0.767. The first-order chi connectivity index (χ1) is 19.2. The van der Waals surface area contributed by atoms with E-state index in [-0.39, 0.29) is 53.9 Å². The Morgan fingerprint density at radius 1 is 1.05 bits per heavy atom. The van der Waals surface area contributed by atoms with Gasteiger partial charge in [-0.2, -0.15) is 0 Å². The van der Waals surface area contributed by atoms with Gasteiger partial charge in [-0.1, -0.05) is 19.9 Å². The van der Waals surface area contributed by atoms with E-state index >= 15 is 0 Å². The largest absolute Gasteiger partial charge is 0.435 e. The van der Waals surface area contributed by atoms with Crippen molar-refractivity contribution in [2.24, 2.45) is 29.6 Å². The summed E-state index contributed by atoms with van der Waals surface area (Å²) in [5.74, 6) is -0.339. The number of rotatable bonds is 4. The van der Waals surface area contributed by atoms with E-state index in [0.29, 0.717) is 25.6 Å². The minimum Gasteiger partial charge on any atom is -0.435 e. The van der Waals surface area contributed by atoms with E-state index in [0.717, 1.165) is 37.8 Å². The maximum atomic E-state index is 13.2. The van der Waals surface area contributed by atoms with Gasteiger partial charge in [0.2, 0.25) is 18.0 Å². The topological polar surface area (TPSA) is 106 Å². The molecule has 40 heavy (non-hydrogen) atoms. The van der Waals surface area contributed by atoms with E-state index in [1.807, 2.05) is 29.4 Å². The predicted octanol–water partition coefficient (Wildman–Crippen LogP) is 3.33. The van der Waals surface area contributed by atoms with E-state index in [2.05, 4.69) is 6.92 Å². The third-order valence-electron chi connectivity index (χ3n) is 10.7. The smallest absolute Gasteiger partial charge is 0.308 e. The van der Waals surface area contributed by atoms with Crippen LogP contribution in [0.2, 0.25) is 0 Å². The number of carbonyl (C=O) groups is 2. The highest BCUT2D eigenvalue weighted by Crippen LogP contribution is 2.60. The standard InChI is InChI=1S/C30H40N2O8/c1-17-7-8-22-18(2)27(37-28-30(22)21(17)11-12-29(3,38-28)39-40-30)36-26(35)10-9-24(33)31-14-19-13-20(16-31)23-5-4-6-25(34)32(23)15-19/h4-6,17-22,27-28H,7-16H2,1-3H3/t17-,18-,19-,20+,21-,22-,27-,28-,29+,30-/m1/s1. The van der Waals surface area contributed by atoms with Gasteiger partial charge >= 0.3 is 5.97 Å². The van der Waals surface area contributed by atoms with Gasteiger partial charge in [0.1, 0.15) is 0 Å². The van der Waals surface area contributed by atoms with E-state index in [1.165, 1.54) is 0 Å². The van der Waals surface area contributed by atoms with Crippen LogP contribution in [0.5, 0.6) is 0 Å². The van der Waals surface area contributed by atoms with Crippen molar-refractivity contribution >= 4 is 11.9 Å². The second-order valence-electron chi connectivity index (χ2n) is 13.3. The van der Waals surface area contributed by atoms with Gasteiger partial charge in [0.05, 0.1) is 6.42 Å². The first-order valence-corrected chi connectivity index (χ1v) is 15.0. The molecule has 218 valence electrons. The van der Waals surface area contributed by atoms with Crippen molar-refractivity contribution in [3.63, 3.8) is 0 Å². The SMILES string of the molecule is C[C@H]1[C@H](OC(=O)CCC(=O)N2C[C@H]3C[C@@H](C2)c2cccc(=O)n2C3)O[C@@H]2O[C@]3(C)CC[C@@H]4[C@H](C)CC[C@H]1[C@@]24OO3. The second-order valence-corrected chi connectivity index (χ2v) is 13.3. The third-order valence-corrected chi connectivity index (χ3v) is 10.7. The molecule has 1 aromatic rings. The van der Waals surface area contributed by atoms with Crippen molar-refractivity contribution < 1.29 is 33.6 Å². The van der Waals surface area contributed by atoms with Gasteiger partial charge in [0, 0.05) is 62.0 Å². The maximum absolute atomic E-state index is 13.2. The van der Waals surface area contributed by atoms with Crippen LogP contribution in [-0.2, 0) is 40.1 Å². The molecule has 6 aliphatic heterocycles. The molecule has 1 spiro atoms. The number of hydrogen-bond acceptors (Lipinski definition) is 8. The summed E-state index contributed by atoms with van der Waals surface area (Å²) in [5.41, 5.74) is 0.314. The van der Waals surface area contributed by atoms with E-state index in [1.54, 1.807) is 12.1 Å². The highest BCUT2D eigenvalue weighted by atomic mass is 17.3. The Labute approximate surface area is 234 Å². The lowest BCUT2D eigenvalue weighted by Crippen LogP contribution is -2.70. The van der Waals surface area contributed by atoms with Gasteiger partial charge in [-0.05, 0) is 56.4 Å². The molecular formula is C30H40N2O8. The summed E-state index contributed by atoms with van der Waals surface area (Å²) in [7, 11) is 0. The van der Waals surface area contributed by atoms with Crippen LogP contribution in [-0.4, -0.2) is 58.4 Å². The van der Waals surface area contributed by atoms with Gasteiger partial charge in [0.15, 0.2) is 11.9 Å². The Hall–Kier alpha value is -2.27. The van der Waals surface area contributed by atoms with Crippen LogP contribution in [0.1, 0.15) is 77.3 Å². The molecule has 1 aromatic heterocycles. The van der Waals surface area contributed by atoms with Crippen molar-refractivity contribution in [3.8, 4) is 0 Å². The number of likely N-dealkylation sites (tertiary alicyclic amines) is 1. The minimum atomic E-state index is -0.889. The molecule has 6 fully saturated rings. The molecule has 7 heterocycles. The Kier molecular flexibility index (Phi) is 6.42. The summed E-state index contributed by atoms with van der Waals surface area (Å²) >= 11 is 0. The van der Waals surface area contributed by atoms with Crippen LogP contribution in [0.3, 0.4) is 0 Å². The lowest BCUT2D eigenvalue weighted by molar-refractivity contribution is -0.576. The molecule has 1 aliphatic carbocycles. The van der Waals surface area contributed by atoms with Crippen molar-refractivity contribution in [1.29, 1.82) is 0 Å². The fourth-order valence-electron chi connectivity index (χ4n) is 8.66. The van der Waals surface area contributed by atoms with Gasteiger partial charge in [-0.3, -0.25) is 14.4 Å². The summed E-state index contributed by atoms with van der Waals surface area (Å²) in [4.78, 5) is 52.3. The normalized spacial score (nSPS) is 43.3. The molecule has 0 unspecified atom stereocenters. The molecule has 10 nitrogen and oxygen atoms in total. The lowest BCUT2D eigenvalue weighted by atomic mass is 9.58. The highest BCUT2D eigenvalue weighted by Gasteiger charge is 2.69. The summed E-state index contributed by atoms with van der Waals surface area (Å²) in [6.45, 7) is 7.99. The molecule has 1 amide bonds. The van der Waals surface area contributed by atoms with Crippen LogP contribution in [0.15, 0.2) is 23.0 Å². The Balaban J connectivity index is 0.990. The number of nitrogens with zero attached hydrogens (tertiary/aromatic N) is 2.